The van der Waals surface area contributed by atoms with E-state index < -0.39 is 5.60 Å². The van der Waals surface area contributed by atoms with E-state index in [0.29, 0.717) is 13.1 Å². The van der Waals surface area contributed by atoms with E-state index in [1.165, 1.54) is 0 Å². The zero-order valence-electron chi connectivity index (χ0n) is 13.8. The summed E-state index contributed by atoms with van der Waals surface area (Å²) < 4.78 is 5.30. The lowest BCUT2D eigenvalue weighted by molar-refractivity contribution is -0.124. The third-order valence-electron chi connectivity index (χ3n) is 3.29. The molecule has 0 fully saturated rings. The van der Waals surface area contributed by atoms with E-state index in [4.69, 9.17) is 4.74 Å². The van der Waals surface area contributed by atoms with Gasteiger partial charge >= 0.3 is 6.09 Å². The Hall–Kier alpha value is -1.52. The molecule has 2 amide bonds. The summed E-state index contributed by atoms with van der Waals surface area (Å²) in [6.07, 6.45) is 5.42. The molecule has 0 aromatic heterocycles. The third-order valence-corrected chi connectivity index (χ3v) is 3.29. The predicted octanol–water partition coefficient (Wildman–Crippen LogP) is 2.57. The van der Waals surface area contributed by atoms with Crippen molar-refractivity contribution in [2.75, 3.05) is 20.1 Å². The first-order valence-corrected chi connectivity index (χ1v) is 7.56. The largest absolute Gasteiger partial charge is 0.444 e. The molecule has 1 atom stereocenters. The molecular formula is C16H28N2O3. The number of hydrogen-bond donors (Lipinski definition) is 1. The van der Waals surface area contributed by atoms with Gasteiger partial charge in [0.1, 0.15) is 5.60 Å². The Balaban J connectivity index is 2.27. The van der Waals surface area contributed by atoms with Crippen LogP contribution in [0, 0.1) is 11.8 Å². The fraction of sp³-hybridized carbons (Fsp3) is 0.750. The average molecular weight is 296 g/mol. The van der Waals surface area contributed by atoms with Gasteiger partial charge in [-0.05, 0) is 39.5 Å². The van der Waals surface area contributed by atoms with Crippen LogP contribution in [0.25, 0.3) is 0 Å². The second kappa shape index (κ2) is 7.48. The Labute approximate surface area is 127 Å². The van der Waals surface area contributed by atoms with Crippen LogP contribution in [0.5, 0.6) is 0 Å². The molecule has 0 bridgehead atoms. The van der Waals surface area contributed by atoms with Gasteiger partial charge in [-0.25, -0.2) is 4.79 Å². The SMILES string of the molecule is C[C@@H](CNC(=O)C1CC=CC1)CN(C)C(=O)OC(C)(C)C. The summed E-state index contributed by atoms with van der Waals surface area (Å²) >= 11 is 0. The van der Waals surface area contributed by atoms with Gasteiger partial charge in [0.25, 0.3) is 0 Å². The van der Waals surface area contributed by atoms with Gasteiger partial charge < -0.3 is 15.0 Å². The second-order valence-corrected chi connectivity index (χ2v) is 6.85. The zero-order valence-corrected chi connectivity index (χ0v) is 13.8. The number of hydrogen-bond acceptors (Lipinski definition) is 3. The van der Waals surface area contributed by atoms with Crippen LogP contribution in [0.1, 0.15) is 40.5 Å². The summed E-state index contributed by atoms with van der Waals surface area (Å²) in [7, 11) is 1.72. The average Bonchev–Trinajstić information content (AvgIpc) is 2.87. The first-order valence-electron chi connectivity index (χ1n) is 7.56. The van der Waals surface area contributed by atoms with Gasteiger partial charge in [-0.3, -0.25) is 4.79 Å². The van der Waals surface area contributed by atoms with Crippen molar-refractivity contribution >= 4 is 12.0 Å². The normalized spacial score (nSPS) is 16.6. The van der Waals surface area contributed by atoms with E-state index in [9.17, 15) is 9.59 Å². The smallest absolute Gasteiger partial charge is 0.410 e. The highest BCUT2D eigenvalue weighted by atomic mass is 16.6. The predicted molar refractivity (Wildman–Crippen MR) is 82.9 cm³/mol. The molecule has 5 heteroatoms. The van der Waals surface area contributed by atoms with Crippen LogP contribution < -0.4 is 5.32 Å². The van der Waals surface area contributed by atoms with E-state index in [0.717, 1.165) is 12.8 Å². The molecule has 0 unspecified atom stereocenters. The molecule has 5 nitrogen and oxygen atoms in total. The van der Waals surface area contributed by atoms with Crippen LogP contribution in [-0.4, -0.2) is 42.6 Å². The van der Waals surface area contributed by atoms with E-state index in [1.54, 1.807) is 11.9 Å². The lowest BCUT2D eigenvalue weighted by Gasteiger charge is -2.26. The third kappa shape index (κ3) is 6.65. The number of ether oxygens (including phenoxy) is 1. The summed E-state index contributed by atoms with van der Waals surface area (Å²) in [5.41, 5.74) is -0.488. The molecule has 21 heavy (non-hydrogen) atoms. The highest BCUT2D eigenvalue weighted by Gasteiger charge is 2.22. The number of amides is 2. The summed E-state index contributed by atoms with van der Waals surface area (Å²) in [5.74, 6) is 0.369. The fourth-order valence-corrected chi connectivity index (χ4v) is 2.20. The quantitative estimate of drug-likeness (QED) is 0.793. The molecular weight excluding hydrogens is 268 g/mol. The summed E-state index contributed by atoms with van der Waals surface area (Å²) in [6, 6.07) is 0. The van der Waals surface area contributed by atoms with Crippen molar-refractivity contribution in [2.45, 2.75) is 46.1 Å². The molecule has 1 aliphatic carbocycles. The minimum absolute atomic E-state index is 0.0841. The maximum Gasteiger partial charge on any atom is 0.410 e. The lowest BCUT2D eigenvalue weighted by Crippen LogP contribution is -2.40. The molecule has 1 aliphatic rings. The van der Waals surface area contributed by atoms with Crippen molar-refractivity contribution in [1.82, 2.24) is 10.2 Å². The van der Waals surface area contributed by atoms with Gasteiger partial charge in [0.2, 0.25) is 5.91 Å². The molecule has 0 aromatic carbocycles. The molecule has 0 aliphatic heterocycles. The van der Waals surface area contributed by atoms with Crippen molar-refractivity contribution in [1.29, 1.82) is 0 Å². The van der Waals surface area contributed by atoms with Crippen LogP contribution in [0.4, 0.5) is 4.79 Å². The number of nitrogens with one attached hydrogen (secondary N) is 1. The molecule has 0 aromatic rings. The molecule has 0 saturated carbocycles. The number of nitrogens with zero attached hydrogens (tertiary/aromatic N) is 1. The monoisotopic (exact) mass is 296 g/mol. The van der Waals surface area contributed by atoms with Crippen molar-refractivity contribution in [2.24, 2.45) is 11.8 Å². The van der Waals surface area contributed by atoms with Gasteiger partial charge in [0.05, 0.1) is 0 Å². The maximum absolute atomic E-state index is 11.9. The molecule has 0 saturated heterocycles. The van der Waals surface area contributed by atoms with E-state index >= 15 is 0 Å². The summed E-state index contributed by atoms with van der Waals surface area (Å²) in [5, 5.41) is 2.96. The highest BCUT2D eigenvalue weighted by Crippen LogP contribution is 2.17. The molecule has 0 spiro atoms. The van der Waals surface area contributed by atoms with Crippen molar-refractivity contribution in [3.63, 3.8) is 0 Å². The molecule has 120 valence electrons. The number of carbonyl (C=O) groups excluding carboxylic acids is 2. The van der Waals surface area contributed by atoms with Gasteiger partial charge in [-0.1, -0.05) is 19.1 Å². The summed E-state index contributed by atoms with van der Waals surface area (Å²) in [6.45, 7) is 8.67. The van der Waals surface area contributed by atoms with Gasteiger partial charge in [-0.15, -0.1) is 0 Å². The molecule has 1 N–H and O–H groups in total. The minimum atomic E-state index is -0.488. The summed E-state index contributed by atoms with van der Waals surface area (Å²) in [4.78, 5) is 25.3. The molecule has 0 heterocycles. The lowest BCUT2D eigenvalue weighted by atomic mass is 10.1. The molecule has 0 radical (unpaired) electrons. The maximum atomic E-state index is 11.9. The zero-order chi connectivity index (χ0) is 16.0. The van der Waals surface area contributed by atoms with Crippen molar-refractivity contribution in [3.8, 4) is 0 Å². The fourth-order valence-electron chi connectivity index (χ4n) is 2.20. The van der Waals surface area contributed by atoms with Gasteiger partial charge in [-0.2, -0.15) is 0 Å². The Kier molecular flexibility index (Phi) is 6.24. The Morgan fingerprint density at radius 3 is 2.43 bits per heavy atom. The van der Waals surface area contributed by atoms with Crippen LogP contribution in [0.3, 0.4) is 0 Å². The first-order chi connectivity index (χ1) is 9.69. The highest BCUT2D eigenvalue weighted by molar-refractivity contribution is 5.79. The van der Waals surface area contributed by atoms with E-state index in [1.807, 2.05) is 39.8 Å². The minimum Gasteiger partial charge on any atom is -0.444 e. The van der Waals surface area contributed by atoms with Crippen LogP contribution in [-0.2, 0) is 9.53 Å². The topological polar surface area (TPSA) is 58.6 Å². The van der Waals surface area contributed by atoms with E-state index in [2.05, 4.69) is 5.32 Å². The van der Waals surface area contributed by atoms with Gasteiger partial charge in [0.15, 0.2) is 0 Å². The number of carbonyl (C=O) groups is 2. The number of allylic oxidation sites excluding steroid dienone is 2. The first kappa shape index (κ1) is 17.5. The van der Waals surface area contributed by atoms with Crippen LogP contribution >= 0.6 is 0 Å². The number of rotatable bonds is 5. The standard InChI is InChI=1S/C16H28N2O3/c1-12(10-17-14(19)13-8-6-7-9-13)11-18(5)15(20)21-16(2,3)4/h6-7,12-13H,8-11H2,1-5H3,(H,17,19)/t12-/m0/s1. The van der Waals surface area contributed by atoms with E-state index in [-0.39, 0.29) is 23.8 Å². The Morgan fingerprint density at radius 2 is 1.90 bits per heavy atom. The van der Waals surface area contributed by atoms with Crippen molar-refractivity contribution < 1.29 is 14.3 Å². The van der Waals surface area contributed by atoms with Crippen LogP contribution in [0.2, 0.25) is 0 Å². The van der Waals surface area contributed by atoms with Crippen LogP contribution in [0.15, 0.2) is 12.2 Å². The Morgan fingerprint density at radius 1 is 1.33 bits per heavy atom. The van der Waals surface area contributed by atoms with Crippen molar-refractivity contribution in [3.05, 3.63) is 12.2 Å². The Bertz CT molecular complexity index is 391. The molecule has 1 rings (SSSR count). The second-order valence-electron chi connectivity index (χ2n) is 6.85. The van der Waals surface area contributed by atoms with Gasteiger partial charge in [0, 0.05) is 26.1 Å².